The van der Waals surface area contributed by atoms with Gasteiger partial charge in [-0.2, -0.15) is 0 Å². The van der Waals surface area contributed by atoms with Crippen molar-refractivity contribution in [3.8, 4) is 17.2 Å². The number of hydrogen-bond donors (Lipinski definition) is 0. The zero-order chi connectivity index (χ0) is 22.7. The van der Waals surface area contributed by atoms with Crippen LogP contribution in [0.15, 0.2) is 12.1 Å². The number of amides is 2. The lowest BCUT2D eigenvalue weighted by Crippen LogP contribution is -2.42. The molecule has 1 aromatic rings. The Morgan fingerprint density at radius 1 is 0.781 bits per heavy atom. The van der Waals surface area contributed by atoms with E-state index in [0.717, 1.165) is 57.2 Å². The average Bonchev–Trinajstić information content (AvgIpc) is 3.53. The van der Waals surface area contributed by atoms with Gasteiger partial charge >= 0.3 is 0 Å². The lowest BCUT2D eigenvalue weighted by Gasteiger charge is -2.31. The minimum atomic E-state index is -0.249. The van der Waals surface area contributed by atoms with Crippen LogP contribution in [0.5, 0.6) is 17.2 Å². The van der Waals surface area contributed by atoms with Crippen molar-refractivity contribution in [1.82, 2.24) is 9.80 Å². The highest BCUT2D eigenvalue weighted by Crippen LogP contribution is 2.44. The number of carbonyl (C=O) groups is 2. The highest BCUT2D eigenvalue weighted by atomic mass is 16.5. The Kier molecular flexibility index (Phi) is 7.11. The van der Waals surface area contributed by atoms with E-state index in [2.05, 4.69) is 0 Å². The van der Waals surface area contributed by atoms with Gasteiger partial charge in [0.15, 0.2) is 11.5 Å². The normalized spacial score (nSPS) is 24.0. The summed E-state index contributed by atoms with van der Waals surface area (Å²) < 4.78 is 16.6. The predicted molar refractivity (Wildman–Crippen MR) is 121 cm³/mol. The Hall–Kier alpha value is -2.44. The van der Waals surface area contributed by atoms with Gasteiger partial charge in [-0.25, -0.2) is 0 Å². The number of carbonyl (C=O) groups excluding carboxylic acids is 2. The molecule has 2 amide bonds. The van der Waals surface area contributed by atoms with Gasteiger partial charge < -0.3 is 24.0 Å². The van der Waals surface area contributed by atoms with Gasteiger partial charge in [0.25, 0.3) is 0 Å². The van der Waals surface area contributed by atoms with Gasteiger partial charge in [-0.05, 0) is 49.8 Å². The molecule has 2 aliphatic heterocycles. The van der Waals surface area contributed by atoms with Gasteiger partial charge in [0.1, 0.15) is 0 Å². The molecule has 3 aliphatic rings. The van der Waals surface area contributed by atoms with Crippen molar-refractivity contribution in [3.05, 3.63) is 17.7 Å². The fourth-order valence-corrected chi connectivity index (χ4v) is 5.67. The Bertz CT molecular complexity index is 805. The standard InChI is InChI=1S/C25H36N2O5/c1-30-21-13-18(14-22(31-2)23(21)32-3)19-15-27(24(28)17-9-5-6-10-17)16-20(19)25(29)26-11-7-4-8-12-26/h13-14,17,19-20H,4-12,15-16H2,1-3H3. The van der Waals surface area contributed by atoms with Crippen LogP contribution < -0.4 is 14.2 Å². The average molecular weight is 445 g/mol. The van der Waals surface area contributed by atoms with Crippen LogP contribution in [0.25, 0.3) is 0 Å². The molecule has 4 rings (SSSR count). The van der Waals surface area contributed by atoms with Gasteiger partial charge in [0.05, 0.1) is 27.2 Å². The number of methoxy groups -OCH3 is 3. The van der Waals surface area contributed by atoms with Crippen molar-refractivity contribution in [2.24, 2.45) is 11.8 Å². The molecule has 2 saturated heterocycles. The number of nitrogens with zero attached hydrogens (tertiary/aromatic N) is 2. The first-order valence-corrected chi connectivity index (χ1v) is 11.9. The molecule has 0 aromatic heterocycles. The van der Waals surface area contributed by atoms with Gasteiger partial charge in [0, 0.05) is 38.0 Å². The number of ether oxygens (including phenoxy) is 3. The molecule has 7 heteroatoms. The van der Waals surface area contributed by atoms with E-state index in [0.29, 0.717) is 30.3 Å². The zero-order valence-electron chi connectivity index (χ0n) is 19.6. The van der Waals surface area contributed by atoms with Crippen LogP contribution in [-0.4, -0.2) is 69.1 Å². The van der Waals surface area contributed by atoms with E-state index in [1.165, 1.54) is 6.42 Å². The van der Waals surface area contributed by atoms with Gasteiger partial charge in [0.2, 0.25) is 17.6 Å². The summed E-state index contributed by atoms with van der Waals surface area (Å²) in [5.41, 5.74) is 0.955. The van der Waals surface area contributed by atoms with E-state index in [-0.39, 0.29) is 29.6 Å². The van der Waals surface area contributed by atoms with E-state index in [4.69, 9.17) is 14.2 Å². The van der Waals surface area contributed by atoms with E-state index >= 15 is 0 Å². The summed E-state index contributed by atoms with van der Waals surface area (Å²) in [6, 6.07) is 3.87. The third-order valence-electron chi connectivity index (χ3n) is 7.44. The largest absolute Gasteiger partial charge is 0.493 e. The predicted octanol–water partition coefficient (Wildman–Crippen LogP) is 3.46. The highest BCUT2D eigenvalue weighted by Gasteiger charge is 2.44. The molecule has 2 unspecified atom stereocenters. The minimum absolute atomic E-state index is 0.0940. The molecule has 1 aliphatic carbocycles. The number of piperidine rings is 1. The second-order valence-corrected chi connectivity index (χ2v) is 9.28. The summed E-state index contributed by atoms with van der Waals surface area (Å²) in [7, 11) is 4.78. The maximum absolute atomic E-state index is 13.6. The summed E-state index contributed by atoms with van der Waals surface area (Å²) in [5, 5.41) is 0. The van der Waals surface area contributed by atoms with Crippen molar-refractivity contribution >= 4 is 11.8 Å². The molecular weight excluding hydrogens is 408 g/mol. The van der Waals surface area contributed by atoms with Gasteiger partial charge in [-0.3, -0.25) is 9.59 Å². The van der Waals surface area contributed by atoms with Crippen LogP contribution in [0, 0.1) is 11.8 Å². The van der Waals surface area contributed by atoms with Crippen LogP contribution in [0.2, 0.25) is 0 Å². The molecule has 7 nitrogen and oxygen atoms in total. The number of likely N-dealkylation sites (tertiary alicyclic amines) is 2. The smallest absolute Gasteiger partial charge is 0.228 e. The Morgan fingerprint density at radius 2 is 1.41 bits per heavy atom. The minimum Gasteiger partial charge on any atom is -0.493 e. The number of benzene rings is 1. The molecule has 1 aromatic carbocycles. The van der Waals surface area contributed by atoms with Crippen molar-refractivity contribution < 1.29 is 23.8 Å². The van der Waals surface area contributed by atoms with Crippen molar-refractivity contribution in [2.45, 2.75) is 50.9 Å². The first-order valence-electron chi connectivity index (χ1n) is 11.9. The summed E-state index contributed by atoms with van der Waals surface area (Å²) in [5.74, 6) is 1.84. The van der Waals surface area contributed by atoms with E-state index in [1.807, 2.05) is 21.9 Å². The van der Waals surface area contributed by atoms with Crippen molar-refractivity contribution in [3.63, 3.8) is 0 Å². The highest BCUT2D eigenvalue weighted by molar-refractivity contribution is 5.84. The Labute approximate surface area is 191 Å². The van der Waals surface area contributed by atoms with Crippen LogP contribution in [0.1, 0.15) is 56.4 Å². The first kappa shape index (κ1) is 22.7. The maximum atomic E-state index is 13.6. The van der Waals surface area contributed by atoms with E-state index < -0.39 is 0 Å². The Balaban J connectivity index is 1.66. The molecule has 3 fully saturated rings. The molecule has 176 valence electrons. The summed E-state index contributed by atoms with van der Waals surface area (Å²) in [4.78, 5) is 30.8. The van der Waals surface area contributed by atoms with Crippen LogP contribution in [0.3, 0.4) is 0 Å². The van der Waals surface area contributed by atoms with Crippen LogP contribution >= 0.6 is 0 Å². The molecule has 0 N–H and O–H groups in total. The fourth-order valence-electron chi connectivity index (χ4n) is 5.67. The number of hydrogen-bond acceptors (Lipinski definition) is 5. The molecule has 0 radical (unpaired) electrons. The lowest BCUT2D eigenvalue weighted by molar-refractivity contribution is -0.137. The second-order valence-electron chi connectivity index (χ2n) is 9.28. The molecule has 2 heterocycles. The third-order valence-corrected chi connectivity index (χ3v) is 7.44. The topological polar surface area (TPSA) is 68.3 Å². The monoisotopic (exact) mass is 444 g/mol. The lowest BCUT2D eigenvalue weighted by atomic mass is 9.87. The molecule has 0 bridgehead atoms. The first-order chi connectivity index (χ1) is 15.6. The Morgan fingerprint density at radius 3 is 1.97 bits per heavy atom. The van der Waals surface area contributed by atoms with Crippen LogP contribution in [0.4, 0.5) is 0 Å². The number of rotatable bonds is 6. The van der Waals surface area contributed by atoms with Crippen LogP contribution in [-0.2, 0) is 9.59 Å². The second kappa shape index (κ2) is 10.0. The van der Waals surface area contributed by atoms with E-state index in [1.54, 1.807) is 21.3 Å². The van der Waals surface area contributed by atoms with Gasteiger partial charge in [-0.15, -0.1) is 0 Å². The molecule has 0 spiro atoms. The SMILES string of the molecule is COc1cc(C2CN(C(=O)C3CCCC3)CC2C(=O)N2CCCCC2)cc(OC)c1OC. The molecule has 32 heavy (non-hydrogen) atoms. The molecule has 2 atom stereocenters. The summed E-state index contributed by atoms with van der Waals surface area (Å²) in [6.07, 6.45) is 7.46. The van der Waals surface area contributed by atoms with Crippen molar-refractivity contribution in [1.29, 1.82) is 0 Å². The zero-order valence-corrected chi connectivity index (χ0v) is 19.6. The van der Waals surface area contributed by atoms with Gasteiger partial charge in [-0.1, -0.05) is 12.8 Å². The maximum Gasteiger partial charge on any atom is 0.228 e. The fraction of sp³-hybridized carbons (Fsp3) is 0.680. The van der Waals surface area contributed by atoms with E-state index in [9.17, 15) is 9.59 Å². The third kappa shape index (κ3) is 4.39. The summed E-state index contributed by atoms with van der Waals surface area (Å²) in [6.45, 7) is 2.67. The molecular formula is C25H36N2O5. The molecule has 1 saturated carbocycles. The summed E-state index contributed by atoms with van der Waals surface area (Å²) >= 11 is 0. The van der Waals surface area contributed by atoms with Crippen molar-refractivity contribution in [2.75, 3.05) is 47.5 Å². The quantitative estimate of drug-likeness (QED) is 0.672.